The van der Waals surface area contributed by atoms with Gasteiger partial charge in [-0.1, -0.05) is 84.9 Å². The van der Waals surface area contributed by atoms with E-state index in [1.807, 2.05) is 0 Å². The van der Waals surface area contributed by atoms with Gasteiger partial charge >= 0.3 is 0 Å². The lowest BCUT2D eigenvalue weighted by Crippen LogP contribution is -2.25. The molecule has 116 valence electrons. The first-order valence-electron chi connectivity index (χ1n) is 8.13. The fraction of sp³-hybridized carbons (Fsp3) is 0.182. The molecule has 1 N–H and O–H groups in total. The highest BCUT2D eigenvalue weighted by Gasteiger charge is 2.14. The van der Waals surface area contributed by atoms with E-state index < -0.39 is 0 Å². The Morgan fingerprint density at radius 3 is 2.39 bits per heavy atom. The van der Waals surface area contributed by atoms with Crippen LogP contribution in [0.4, 0.5) is 0 Å². The van der Waals surface area contributed by atoms with E-state index in [1.54, 1.807) is 0 Å². The van der Waals surface area contributed by atoms with Crippen LogP contribution in [-0.2, 0) is 6.42 Å². The summed E-state index contributed by atoms with van der Waals surface area (Å²) in [6.07, 6.45) is 0.974. The average Bonchev–Trinajstić information content (AvgIpc) is 2.59. The van der Waals surface area contributed by atoms with E-state index in [-0.39, 0.29) is 6.04 Å². The molecule has 0 saturated heterocycles. The van der Waals surface area contributed by atoms with Crippen molar-refractivity contribution in [1.29, 1.82) is 0 Å². The summed E-state index contributed by atoms with van der Waals surface area (Å²) in [7, 11) is 0. The first kappa shape index (κ1) is 15.5. The van der Waals surface area contributed by atoms with E-state index >= 15 is 0 Å². The SMILES string of the molecule is C=C(C)CN[C@H](Cc1ccccc1)c1cccc2ccccc12. The molecule has 3 rings (SSSR count). The lowest BCUT2D eigenvalue weighted by atomic mass is 9.94. The van der Waals surface area contributed by atoms with Crippen LogP contribution in [0.25, 0.3) is 10.8 Å². The Labute approximate surface area is 138 Å². The highest BCUT2D eigenvalue weighted by Crippen LogP contribution is 2.27. The van der Waals surface area contributed by atoms with E-state index in [0.29, 0.717) is 0 Å². The highest BCUT2D eigenvalue weighted by atomic mass is 14.9. The van der Waals surface area contributed by atoms with Crippen molar-refractivity contribution in [2.75, 3.05) is 6.54 Å². The van der Waals surface area contributed by atoms with Crippen molar-refractivity contribution in [3.8, 4) is 0 Å². The van der Waals surface area contributed by atoms with Crippen molar-refractivity contribution in [2.24, 2.45) is 0 Å². The van der Waals surface area contributed by atoms with Crippen LogP contribution in [0, 0.1) is 0 Å². The minimum Gasteiger partial charge on any atom is -0.306 e. The van der Waals surface area contributed by atoms with E-state index in [2.05, 4.69) is 91.6 Å². The van der Waals surface area contributed by atoms with Gasteiger partial charge < -0.3 is 5.32 Å². The molecule has 3 aromatic rings. The van der Waals surface area contributed by atoms with E-state index in [1.165, 1.54) is 21.9 Å². The summed E-state index contributed by atoms with van der Waals surface area (Å²) in [5, 5.41) is 6.29. The number of benzene rings is 3. The standard InChI is InChI=1S/C22H23N/c1-17(2)16-23-22(15-18-9-4-3-5-10-18)21-14-8-12-19-11-6-7-13-20(19)21/h3-14,22-23H,1,15-16H2,2H3/t22-/m1/s1. The van der Waals surface area contributed by atoms with Crippen molar-refractivity contribution in [1.82, 2.24) is 5.32 Å². The van der Waals surface area contributed by atoms with Gasteiger partial charge in [0, 0.05) is 12.6 Å². The van der Waals surface area contributed by atoms with Gasteiger partial charge in [0.2, 0.25) is 0 Å². The largest absolute Gasteiger partial charge is 0.306 e. The molecule has 0 fully saturated rings. The maximum Gasteiger partial charge on any atom is 0.0369 e. The van der Waals surface area contributed by atoms with Crippen LogP contribution in [0.3, 0.4) is 0 Å². The average molecular weight is 301 g/mol. The van der Waals surface area contributed by atoms with Crippen molar-refractivity contribution < 1.29 is 0 Å². The fourth-order valence-electron chi connectivity index (χ4n) is 2.99. The first-order chi connectivity index (χ1) is 11.2. The summed E-state index contributed by atoms with van der Waals surface area (Å²) in [5.74, 6) is 0. The van der Waals surface area contributed by atoms with Crippen molar-refractivity contribution in [3.05, 3.63) is 96.1 Å². The van der Waals surface area contributed by atoms with Crippen LogP contribution >= 0.6 is 0 Å². The maximum absolute atomic E-state index is 4.03. The Hall–Kier alpha value is -2.38. The summed E-state index contributed by atoms with van der Waals surface area (Å²) >= 11 is 0. The van der Waals surface area contributed by atoms with Crippen molar-refractivity contribution in [3.63, 3.8) is 0 Å². The van der Waals surface area contributed by atoms with Gasteiger partial charge in [-0.2, -0.15) is 0 Å². The highest BCUT2D eigenvalue weighted by molar-refractivity contribution is 5.86. The quantitative estimate of drug-likeness (QED) is 0.610. The molecule has 3 aromatic carbocycles. The molecule has 0 aromatic heterocycles. The Morgan fingerprint density at radius 1 is 0.913 bits per heavy atom. The predicted molar refractivity (Wildman–Crippen MR) is 99.7 cm³/mol. The van der Waals surface area contributed by atoms with Gasteiger partial charge in [0.15, 0.2) is 0 Å². The van der Waals surface area contributed by atoms with Gasteiger partial charge in [0.05, 0.1) is 0 Å². The Bertz CT molecular complexity index is 784. The van der Waals surface area contributed by atoms with Gasteiger partial charge in [-0.15, -0.1) is 0 Å². The smallest absolute Gasteiger partial charge is 0.0369 e. The third-order valence-electron chi connectivity index (χ3n) is 4.13. The second kappa shape index (κ2) is 7.26. The first-order valence-corrected chi connectivity index (χ1v) is 8.13. The zero-order valence-corrected chi connectivity index (χ0v) is 13.6. The molecule has 1 nitrogen and oxygen atoms in total. The van der Waals surface area contributed by atoms with Gasteiger partial charge in [-0.05, 0) is 35.2 Å². The minimum atomic E-state index is 0.278. The molecule has 0 bridgehead atoms. The summed E-state index contributed by atoms with van der Waals surface area (Å²) in [6, 6.07) is 26.1. The molecule has 0 amide bonds. The lowest BCUT2D eigenvalue weighted by Gasteiger charge is -2.21. The molecule has 0 aliphatic rings. The summed E-state index contributed by atoms with van der Waals surface area (Å²) < 4.78 is 0. The Morgan fingerprint density at radius 2 is 1.61 bits per heavy atom. The third-order valence-corrected chi connectivity index (χ3v) is 4.13. The second-order valence-corrected chi connectivity index (χ2v) is 6.15. The topological polar surface area (TPSA) is 12.0 Å². The molecule has 1 atom stereocenters. The lowest BCUT2D eigenvalue weighted by molar-refractivity contribution is 0.561. The molecule has 0 saturated carbocycles. The zero-order chi connectivity index (χ0) is 16.1. The Balaban J connectivity index is 1.97. The molecule has 0 aliphatic carbocycles. The van der Waals surface area contributed by atoms with Crippen LogP contribution in [0.1, 0.15) is 24.1 Å². The molecule has 0 heterocycles. The maximum atomic E-state index is 4.03. The molecule has 1 heteroatoms. The molecule has 0 unspecified atom stereocenters. The van der Waals surface area contributed by atoms with E-state index in [4.69, 9.17) is 0 Å². The normalized spacial score (nSPS) is 12.2. The monoisotopic (exact) mass is 301 g/mol. The van der Waals surface area contributed by atoms with Crippen LogP contribution in [0.5, 0.6) is 0 Å². The third kappa shape index (κ3) is 3.88. The van der Waals surface area contributed by atoms with Crippen molar-refractivity contribution >= 4 is 10.8 Å². The number of fused-ring (bicyclic) bond motifs is 1. The molecular weight excluding hydrogens is 278 g/mol. The van der Waals surface area contributed by atoms with Crippen LogP contribution < -0.4 is 5.32 Å². The van der Waals surface area contributed by atoms with Gasteiger partial charge in [-0.25, -0.2) is 0 Å². The van der Waals surface area contributed by atoms with E-state index in [9.17, 15) is 0 Å². The number of hydrogen-bond acceptors (Lipinski definition) is 1. The van der Waals surface area contributed by atoms with Gasteiger partial charge in [0.25, 0.3) is 0 Å². The molecule has 0 radical (unpaired) electrons. The molecule has 0 spiro atoms. The van der Waals surface area contributed by atoms with Crippen molar-refractivity contribution in [2.45, 2.75) is 19.4 Å². The van der Waals surface area contributed by atoms with Crippen LogP contribution in [0.2, 0.25) is 0 Å². The Kier molecular flexibility index (Phi) is 4.89. The summed E-state index contributed by atoms with van der Waals surface area (Å²) in [5.41, 5.74) is 3.86. The number of nitrogens with one attached hydrogen (secondary N) is 1. The predicted octanol–water partition coefficient (Wildman–Crippen LogP) is 5.29. The van der Waals surface area contributed by atoms with Crippen LogP contribution in [0.15, 0.2) is 84.9 Å². The molecular formula is C22H23N. The number of rotatable bonds is 6. The summed E-state index contributed by atoms with van der Waals surface area (Å²) in [6.45, 7) is 6.93. The number of hydrogen-bond donors (Lipinski definition) is 1. The molecule has 23 heavy (non-hydrogen) atoms. The molecule has 0 aliphatic heterocycles. The summed E-state index contributed by atoms with van der Waals surface area (Å²) in [4.78, 5) is 0. The second-order valence-electron chi connectivity index (χ2n) is 6.15. The van der Waals surface area contributed by atoms with Crippen LogP contribution in [-0.4, -0.2) is 6.54 Å². The van der Waals surface area contributed by atoms with E-state index in [0.717, 1.165) is 18.5 Å². The van der Waals surface area contributed by atoms with Gasteiger partial charge in [-0.3, -0.25) is 0 Å². The van der Waals surface area contributed by atoms with Gasteiger partial charge in [0.1, 0.15) is 0 Å². The zero-order valence-electron chi connectivity index (χ0n) is 13.6. The minimum absolute atomic E-state index is 0.278. The fourth-order valence-corrected chi connectivity index (χ4v) is 2.99.